The van der Waals surface area contributed by atoms with Crippen LogP contribution in [-0.4, -0.2) is 137 Å². The lowest BCUT2D eigenvalue weighted by Gasteiger charge is -2.40. The third-order valence-corrected chi connectivity index (χ3v) is 7.66. The molecule has 3 aliphatic heterocycles. The van der Waals surface area contributed by atoms with Crippen molar-refractivity contribution in [2.24, 2.45) is 0 Å². The third-order valence-electron chi connectivity index (χ3n) is 7.66. The second-order valence-electron chi connectivity index (χ2n) is 10.6. The lowest BCUT2D eigenvalue weighted by Crippen LogP contribution is -2.60. The van der Waals surface area contributed by atoms with Crippen LogP contribution in [-0.2, 0) is 15.9 Å². The van der Waals surface area contributed by atoms with Gasteiger partial charge in [-0.05, 0) is 17.7 Å². The van der Waals surface area contributed by atoms with Gasteiger partial charge in [0, 0.05) is 24.1 Å². The van der Waals surface area contributed by atoms with Gasteiger partial charge in [0.15, 0.2) is 11.5 Å². The monoisotopic (exact) mass is 614 g/mol. The first kappa shape index (κ1) is 31.4. The van der Waals surface area contributed by atoms with Crippen LogP contribution in [0.3, 0.4) is 0 Å². The molecule has 0 bridgehead atoms. The lowest BCUT2D eigenvalue weighted by molar-refractivity contribution is -0.277. The van der Waals surface area contributed by atoms with Gasteiger partial charge in [-0.2, -0.15) is 0 Å². The van der Waals surface area contributed by atoms with Crippen molar-refractivity contribution in [1.82, 2.24) is 0 Å². The Kier molecular flexibility index (Phi) is 9.17. The summed E-state index contributed by atoms with van der Waals surface area (Å²) in [6.07, 6.45) is -17.9. The number of phenols is 2. The topological polar surface area (TPSA) is 269 Å². The number of hydrogen-bond acceptors (Lipinski definition) is 16. The maximum atomic E-state index is 11.0. The Bertz CT molecular complexity index is 1270. The number of fused-ring (bicyclic) bond motifs is 1. The van der Waals surface area contributed by atoms with Crippen molar-refractivity contribution in [3.8, 4) is 28.7 Å². The van der Waals surface area contributed by atoms with E-state index in [-0.39, 0.29) is 40.5 Å². The molecule has 0 spiro atoms. The minimum absolute atomic E-state index is 0.0667. The zero-order chi connectivity index (χ0) is 31.2. The van der Waals surface area contributed by atoms with Crippen molar-refractivity contribution in [2.45, 2.75) is 80.0 Å². The van der Waals surface area contributed by atoms with Crippen LogP contribution in [0.2, 0.25) is 0 Å². The predicted octanol–water partition coefficient (Wildman–Crippen LogP) is -3.51. The summed E-state index contributed by atoms with van der Waals surface area (Å²) in [5.74, 6) is -0.955. The number of aliphatic hydroxyl groups excluding tert-OH is 9. The highest BCUT2D eigenvalue weighted by atomic mass is 16.7. The van der Waals surface area contributed by atoms with Gasteiger partial charge in [0.05, 0.1) is 19.3 Å². The molecule has 3 heterocycles. The van der Waals surface area contributed by atoms with Gasteiger partial charge < -0.3 is 79.9 Å². The van der Waals surface area contributed by atoms with Gasteiger partial charge in [0.1, 0.15) is 72.2 Å². The molecule has 0 unspecified atom stereocenters. The summed E-state index contributed by atoms with van der Waals surface area (Å²) in [7, 11) is 0. The summed E-state index contributed by atoms with van der Waals surface area (Å²) in [5.41, 5.74) is 0.543. The van der Waals surface area contributed by atoms with Crippen LogP contribution in [0.25, 0.3) is 0 Å². The van der Waals surface area contributed by atoms with E-state index in [0.717, 1.165) is 0 Å². The second-order valence-corrected chi connectivity index (χ2v) is 10.6. The van der Waals surface area contributed by atoms with Gasteiger partial charge >= 0.3 is 0 Å². The smallest absolute Gasteiger partial charge is 0.229 e. The van der Waals surface area contributed by atoms with Crippen LogP contribution in [0.4, 0.5) is 0 Å². The summed E-state index contributed by atoms with van der Waals surface area (Å²) in [6.45, 7) is -1.34. The average Bonchev–Trinajstić information content (AvgIpc) is 2.98. The van der Waals surface area contributed by atoms with Crippen LogP contribution in [0, 0.1) is 0 Å². The molecule has 0 amide bonds. The molecule has 0 radical (unpaired) electrons. The highest BCUT2D eigenvalue weighted by Gasteiger charge is 2.46. The number of aliphatic hydroxyl groups is 9. The number of ether oxygens (including phenoxy) is 5. The SMILES string of the molecule is OC[C@@H]1O[C@H](Oc2ccc([C@H]3Oc4cc(O)cc(O[C@H]5O[C@@H](CO)[C@H](O)[C@H](O)[C@@H]5O)c4C[C@H]3O)cc2O)[C@@H](O)[C@@H](O)[C@H]1O. The first-order chi connectivity index (χ1) is 20.4. The summed E-state index contributed by atoms with van der Waals surface area (Å²) in [4.78, 5) is 0. The molecule has 16 nitrogen and oxygen atoms in total. The molecule has 2 aromatic carbocycles. The fraction of sp³-hybridized carbons (Fsp3) is 0.556. The number of phenolic OH excluding ortho intramolecular Hbond substituents is 2. The minimum atomic E-state index is -1.72. The van der Waals surface area contributed by atoms with Crippen molar-refractivity contribution >= 4 is 0 Å². The van der Waals surface area contributed by atoms with Crippen LogP contribution in [0.1, 0.15) is 17.2 Å². The fourth-order valence-electron chi connectivity index (χ4n) is 5.23. The first-order valence-electron chi connectivity index (χ1n) is 13.4. The molecule has 0 aromatic heterocycles. The number of benzene rings is 2. The number of aromatic hydroxyl groups is 2. The van der Waals surface area contributed by atoms with Crippen LogP contribution >= 0.6 is 0 Å². The number of rotatable bonds is 7. The minimum Gasteiger partial charge on any atom is -0.508 e. The summed E-state index contributed by atoms with van der Waals surface area (Å²) >= 11 is 0. The Balaban J connectivity index is 1.33. The molecule has 43 heavy (non-hydrogen) atoms. The average molecular weight is 615 g/mol. The Hall–Kier alpha value is -3.00. The van der Waals surface area contributed by atoms with E-state index in [4.69, 9.17) is 23.7 Å². The molecule has 2 fully saturated rings. The second kappa shape index (κ2) is 12.5. The molecule has 2 aromatic rings. The zero-order valence-corrected chi connectivity index (χ0v) is 22.4. The van der Waals surface area contributed by atoms with E-state index >= 15 is 0 Å². The largest absolute Gasteiger partial charge is 0.508 e. The molecule has 238 valence electrons. The first-order valence-corrected chi connectivity index (χ1v) is 13.4. The molecule has 3 aliphatic rings. The van der Waals surface area contributed by atoms with Crippen LogP contribution < -0.4 is 14.2 Å². The van der Waals surface area contributed by atoms with E-state index in [1.165, 1.54) is 30.3 Å². The van der Waals surface area contributed by atoms with Gasteiger partial charge in [-0.25, -0.2) is 0 Å². The molecular weight excluding hydrogens is 580 g/mol. The summed E-state index contributed by atoms with van der Waals surface area (Å²) in [6, 6.07) is 6.37. The van der Waals surface area contributed by atoms with E-state index in [1.54, 1.807) is 0 Å². The third kappa shape index (κ3) is 6.04. The summed E-state index contributed by atoms with van der Waals surface area (Å²) < 4.78 is 27.8. The number of hydrogen-bond donors (Lipinski definition) is 11. The van der Waals surface area contributed by atoms with Crippen molar-refractivity contribution < 1.29 is 79.9 Å². The highest BCUT2D eigenvalue weighted by molar-refractivity contribution is 5.53. The lowest BCUT2D eigenvalue weighted by atomic mass is 9.93. The van der Waals surface area contributed by atoms with Gasteiger partial charge in [0.25, 0.3) is 0 Å². The van der Waals surface area contributed by atoms with Crippen molar-refractivity contribution in [3.05, 3.63) is 41.5 Å². The maximum absolute atomic E-state index is 11.0. The molecule has 16 heteroatoms. The van der Waals surface area contributed by atoms with Crippen molar-refractivity contribution in [2.75, 3.05) is 13.2 Å². The fourth-order valence-corrected chi connectivity index (χ4v) is 5.23. The zero-order valence-electron chi connectivity index (χ0n) is 22.4. The van der Waals surface area contributed by atoms with E-state index in [1.807, 2.05) is 0 Å². The van der Waals surface area contributed by atoms with Gasteiger partial charge in [-0.3, -0.25) is 0 Å². The van der Waals surface area contributed by atoms with E-state index in [2.05, 4.69) is 0 Å². The normalized spacial score (nSPS) is 37.7. The van der Waals surface area contributed by atoms with Gasteiger partial charge in [-0.15, -0.1) is 0 Å². The van der Waals surface area contributed by atoms with Crippen LogP contribution in [0.15, 0.2) is 30.3 Å². The standard InChI is InChI=1S/C27H34O16/c28-7-17-19(33)21(35)23(37)26(42-17)40-14-2-1-9(3-12(14)31)25-13(32)6-11-15(39-25)4-10(30)5-16(11)41-27-24(38)22(36)20(34)18(8-29)43-27/h1-5,13,17-38H,6-8H2/t13-,17+,18+,19+,20+,21+,22+,23+,24+,25-,26+,27+/m1/s1. The molecule has 0 aliphatic carbocycles. The Morgan fingerprint density at radius 1 is 0.674 bits per heavy atom. The Labute approximate surface area is 243 Å². The van der Waals surface area contributed by atoms with Gasteiger partial charge in [0.2, 0.25) is 12.6 Å². The van der Waals surface area contributed by atoms with Crippen LogP contribution in [0.5, 0.6) is 28.7 Å². The van der Waals surface area contributed by atoms with E-state index in [9.17, 15) is 56.2 Å². The molecule has 12 atom stereocenters. The predicted molar refractivity (Wildman–Crippen MR) is 138 cm³/mol. The van der Waals surface area contributed by atoms with Gasteiger partial charge in [-0.1, -0.05) is 6.07 Å². The molecular formula is C27H34O16. The van der Waals surface area contributed by atoms with Crippen molar-refractivity contribution in [1.29, 1.82) is 0 Å². The maximum Gasteiger partial charge on any atom is 0.229 e. The Morgan fingerprint density at radius 3 is 1.77 bits per heavy atom. The van der Waals surface area contributed by atoms with Crippen molar-refractivity contribution in [3.63, 3.8) is 0 Å². The molecule has 2 saturated heterocycles. The molecule has 11 N–H and O–H groups in total. The van der Waals surface area contributed by atoms with E-state index < -0.39 is 92.6 Å². The molecule has 5 rings (SSSR count). The van der Waals surface area contributed by atoms with E-state index in [0.29, 0.717) is 0 Å². The quantitative estimate of drug-likeness (QED) is 0.144. The highest BCUT2D eigenvalue weighted by Crippen LogP contribution is 2.44. The summed E-state index contributed by atoms with van der Waals surface area (Å²) in [5, 5.41) is 111. The molecule has 0 saturated carbocycles. The Morgan fingerprint density at radius 2 is 1.23 bits per heavy atom.